The van der Waals surface area contributed by atoms with Crippen molar-refractivity contribution in [1.82, 2.24) is 0 Å². The first-order chi connectivity index (χ1) is 32.9. The molecule has 70 heavy (non-hydrogen) atoms. The first-order valence-electron chi connectivity index (χ1n) is 26.8. The molecule has 7 rings (SSSR count). The van der Waals surface area contributed by atoms with E-state index < -0.39 is 84.2 Å². The molecule has 0 aromatic carbocycles. The zero-order valence-corrected chi connectivity index (χ0v) is 44.8. The molecule has 16 nitrogen and oxygen atoms in total. The van der Waals surface area contributed by atoms with Gasteiger partial charge in [0.15, 0.2) is 35.7 Å². The van der Waals surface area contributed by atoms with Crippen molar-refractivity contribution in [2.24, 2.45) is 47.3 Å². The van der Waals surface area contributed by atoms with E-state index >= 15 is 0 Å². The molecule has 7 heterocycles. The highest BCUT2D eigenvalue weighted by atomic mass is 16.8. The Balaban J connectivity index is 1.10. The van der Waals surface area contributed by atoms with E-state index in [-0.39, 0.29) is 84.5 Å². The summed E-state index contributed by atoms with van der Waals surface area (Å²) in [6, 6.07) is 0. The van der Waals surface area contributed by atoms with E-state index in [1.165, 1.54) is 0 Å². The smallest absolute Gasteiger partial charge is 0.306 e. The molecular weight excluding hydrogens is 905 g/mol. The predicted octanol–water partition coefficient (Wildman–Crippen LogP) is 7.71. The van der Waals surface area contributed by atoms with Crippen molar-refractivity contribution in [2.75, 3.05) is 20.8 Å². The Morgan fingerprint density at radius 3 is 1.96 bits per heavy atom. The van der Waals surface area contributed by atoms with E-state index in [0.717, 1.165) is 25.7 Å². The van der Waals surface area contributed by atoms with Crippen molar-refractivity contribution in [3.8, 4) is 0 Å². The van der Waals surface area contributed by atoms with Crippen molar-refractivity contribution < 1.29 is 77.0 Å². The Hall–Kier alpha value is -1.64. The third-order valence-corrected chi connectivity index (χ3v) is 18.2. The minimum atomic E-state index is -1.86. The molecule has 0 saturated carbocycles. The fourth-order valence-corrected chi connectivity index (χ4v) is 13.4. The molecular formula is C54H90O16. The lowest BCUT2D eigenvalue weighted by atomic mass is 9.77. The monoisotopic (exact) mass is 995 g/mol. The quantitative estimate of drug-likeness (QED) is 0.127. The Labute approximate surface area is 417 Å². The Morgan fingerprint density at radius 1 is 0.743 bits per heavy atom. The van der Waals surface area contributed by atoms with Gasteiger partial charge in [-0.3, -0.25) is 9.59 Å². The van der Waals surface area contributed by atoms with Crippen LogP contribution in [0.4, 0.5) is 0 Å². The minimum absolute atomic E-state index is 0.00713. The highest BCUT2D eigenvalue weighted by Gasteiger charge is 2.65. The van der Waals surface area contributed by atoms with E-state index in [2.05, 4.69) is 41.5 Å². The highest BCUT2D eigenvalue weighted by Crippen LogP contribution is 2.57. The first-order valence-corrected chi connectivity index (χ1v) is 26.8. The van der Waals surface area contributed by atoms with Crippen LogP contribution in [0.1, 0.15) is 154 Å². The molecule has 0 unspecified atom stereocenters. The van der Waals surface area contributed by atoms with Crippen LogP contribution < -0.4 is 0 Å². The summed E-state index contributed by atoms with van der Waals surface area (Å²) in [6.07, 6.45) is 5.34. The molecule has 7 aliphatic rings. The van der Waals surface area contributed by atoms with Gasteiger partial charge in [0, 0.05) is 81.3 Å². The maximum absolute atomic E-state index is 13.6. The van der Waals surface area contributed by atoms with Crippen molar-refractivity contribution in [1.29, 1.82) is 0 Å². The SMILES string of the molecule is CO[C@@H]1CC[C@@H](O[C@@H]2[C@H](C)[C@@H]([C@@H]3C[C@@H](C)[C@]4(O3)O[C@@H]([C@@]3(C)CC[C@]5(O[C@@H]([C@@H](C)/C=C(/C)C(=O)[C@@H](C)C[C@@H](C)C(=O)O)C[C@@H](O[C@H]6CC[C@@H](OC)[C@H](C)O6)[C@H]5C)O3)CC[C@@H]4C)O[C@@](O)(CO)[C@H]2C)O[C@H]1C. The number of ketones is 1. The van der Waals surface area contributed by atoms with Crippen LogP contribution in [0.25, 0.3) is 0 Å². The molecule has 16 heteroatoms. The van der Waals surface area contributed by atoms with Crippen LogP contribution in [0.2, 0.25) is 0 Å². The number of rotatable bonds is 16. The van der Waals surface area contributed by atoms with Crippen molar-refractivity contribution >= 4 is 11.8 Å². The molecule has 3 N–H and O–H groups in total. The van der Waals surface area contributed by atoms with Crippen LogP contribution in [-0.4, -0.2) is 144 Å². The van der Waals surface area contributed by atoms with Gasteiger partial charge in [-0.25, -0.2) is 0 Å². The minimum Gasteiger partial charge on any atom is -0.481 e. The molecule has 0 aromatic heterocycles. The van der Waals surface area contributed by atoms with E-state index in [9.17, 15) is 24.9 Å². The molecule has 7 aliphatic heterocycles. The second kappa shape index (κ2) is 22.3. The molecule has 0 radical (unpaired) electrons. The van der Waals surface area contributed by atoms with Gasteiger partial charge >= 0.3 is 5.97 Å². The summed E-state index contributed by atoms with van der Waals surface area (Å²) in [5.74, 6) is -7.12. The Kier molecular flexibility index (Phi) is 17.9. The molecule has 7 fully saturated rings. The second-order valence-corrected chi connectivity index (χ2v) is 23.2. The Morgan fingerprint density at radius 2 is 1.37 bits per heavy atom. The average Bonchev–Trinajstić information content (AvgIpc) is 3.84. The molecule has 402 valence electrons. The van der Waals surface area contributed by atoms with E-state index in [1.54, 1.807) is 35.0 Å². The largest absolute Gasteiger partial charge is 0.481 e. The lowest BCUT2D eigenvalue weighted by molar-refractivity contribution is -0.389. The number of aliphatic carboxylic acids is 1. The predicted molar refractivity (Wildman–Crippen MR) is 257 cm³/mol. The van der Waals surface area contributed by atoms with Crippen LogP contribution in [0, 0.1) is 47.3 Å². The second-order valence-electron chi connectivity index (χ2n) is 23.2. The zero-order chi connectivity index (χ0) is 51.2. The maximum atomic E-state index is 13.6. The molecule has 0 bridgehead atoms. The van der Waals surface area contributed by atoms with Crippen LogP contribution in [0.5, 0.6) is 0 Å². The van der Waals surface area contributed by atoms with Gasteiger partial charge in [0.25, 0.3) is 0 Å². The van der Waals surface area contributed by atoms with Gasteiger partial charge in [-0.15, -0.1) is 0 Å². The molecule has 0 amide bonds. The average molecular weight is 995 g/mol. The zero-order valence-electron chi connectivity index (χ0n) is 44.8. The van der Waals surface area contributed by atoms with E-state index in [1.807, 2.05) is 26.8 Å². The summed E-state index contributed by atoms with van der Waals surface area (Å²) in [5.41, 5.74) is -0.186. The number of carboxylic acid groups (broad SMARTS) is 1. The topological polar surface area (TPSA) is 196 Å². The van der Waals surface area contributed by atoms with Gasteiger partial charge in [-0.1, -0.05) is 61.5 Å². The summed E-state index contributed by atoms with van der Waals surface area (Å²) < 4.78 is 73.3. The summed E-state index contributed by atoms with van der Waals surface area (Å²) >= 11 is 0. The highest BCUT2D eigenvalue weighted by molar-refractivity contribution is 5.96. The molecule has 7 saturated heterocycles. The molecule has 0 aliphatic carbocycles. The third-order valence-electron chi connectivity index (χ3n) is 18.2. The summed E-state index contributed by atoms with van der Waals surface area (Å²) in [5, 5.41) is 32.0. The Bertz CT molecular complexity index is 1820. The lowest BCUT2D eigenvalue weighted by Crippen LogP contribution is -2.63. The number of hydrogen-bond donors (Lipinski definition) is 3. The number of methoxy groups -OCH3 is 2. The van der Waals surface area contributed by atoms with Gasteiger partial charge in [-0.05, 0) is 78.2 Å². The summed E-state index contributed by atoms with van der Waals surface area (Å²) in [4.78, 5) is 25.2. The maximum Gasteiger partial charge on any atom is 0.306 e. The number of carboxylic acids is 1. The van der Waals surface area contributed by atoms with E-state index in [0.29, 0.717) is 44.1 Å². The number of carbonyl (C=O) groups is 2. The van der Waals surface area contributed by atoms with Crippen LogP contribution >= 0.6 is 0 Å². The molecule has 0 aromatic rings. The first kappa shape index (κ1) is 56.1. The van der Waals surface area contributed by atoms with Crippen molar-refractivity contribution in [3.05, 3.63) is 11.6 Å². The standard InChI is InChI=1S/C54H90O16/c1-28(23-29(2)47(56)30(3)24-31(4)50(57)58)41-26-42(64-45-19-16-39(60-13)37(10)62-45)35(8)53(66-41)22-21-51(12,70-53)44-18-15-32(5)54(68-44)33(6)25-43(67-54)49-34(7)48(36(9)52(59,27-55)69-49)65-46-20-17-40(61-14)38(11)63-46/h23,28,30-46,48-49,55,59H,15-22,24-27H2,1-14H3,(H,57,58)/b29-23-/t28-,30-,31+,32-,33+,34-,35+,36-,37-,38-,39+,40+,41+,42+,43-,44+,45-,46+,48+,49-,51+,52-,53-,54+/m0/s1. The molecule has 2 spiro atoms. The van der Waals surface area contributed by atoms with Crippen LogP contribution in [-0.2, 0) is 61.7 Å². The van der Waals surface area contributed by atoms with E-state index in [4.69, 9.17) is 52.1 Å². The van der Waals surface area contributed by atoms with Gasteiger partial charge in [0.05, 0.1) is 79.2 Å². The van der Waals surface area contributed by atoms with Crippen molar-refractivity contribution in [3.63, 3.8) is 0 Å². The fourth-order valence-electron chi connectivity index (χ4n) is 13.4. The van der Waals surface area contributed by atoms with Crippen molar-refractivity contribution in [2.45, 2.75) is 250 Å². The van der Waals surface area contributed by atoms with Gasteiger partial charge < -0.3 is 67.4 Å². The van der Waals surface area contributed by atoms with Crippen LogP contribution in [0.15, 0.2) is 11.6 Å². The summed E-state index contributed by atoms with van der Waals surface area (Å²) in [7, 11) is 3.40. The normalized spacial score (nSPS) is 48.4. The number of hydrogen-bond acceptors (Lipinski definition) is 15. The van der Waals surface area contributed by atoms with Crippen LogP contribution in [0.3, 0.4) is 0 Å². The number of aliphatic hydroxyl groups excluding tert-OH is 1. The van der Waals surface area contributed by atoms with Gasteiger partial charge in [-0.2, -0.15) is 0 Å². The van der Waals surface area contributed by atoms with Gasteiger partial charge in [0.2, 0.25) is 0 Å². The number of ether oxygens (including phenoxy) is 11. The van der Waals surface area contributed by atoms with Gasteiger partial charge in [0.1, 0.15) is 0 Å². The number of Topliss-reactive ketones (excluding diaryl/α,β-unsaturated/α-hetero) is 1. The number of carbonyl (C=O) groups excluding carboxylic acids is 1. The number of aliphatic hydroxyl groups is 2. The fraction of sp³-hybridized carbons (Fsp3) is 0.926. The summed E-state index contributed by atoms with van der Waals surface area (Å²) in [6.45, 7) is 23.2. The number of allylic oxidation sites excluding steroid dienone is 1. The lowest BCUT2D eigenvalue weighted by Gasteiger charge is -2.53. The molecule has 24 atom stereocenters. The third kappa shape index (κ3) is 11.2.